The van der Waals surface area contributed by atoms with Gasteiger partial charge in [0.25, 0.3) is 0 Å². The first-order chi connectivity index (χ1) is 10.6. The van der Waals surface area contributed by atoms with Crippen LogP contribution in [0.3, 0.4) is 0 Å². The first-order valence-corrected chi connectivity index (χ1v) is 9.92. The Labute approximate surface area is 146 Å². The van der Waals surface area contributed by atoms with Crippen LogP contribution in [0.5, 0.6) is 0 Å². The number of nitrogens with two attached hydrogens (primary N) is 1. The first kappa shape index (κ1) is 23.3. The van der Waals surface area contributed by atoms with Crippen LogP contribution in [-0.2, 0) is 24.3 Å². The molecule has 7 nitrogen and oxygen atoms in total. The van der Waals surface area contributed by atoms with Crippen molar-refractivity contribution >= 4 is 16.0 Å². The predicted molar refractivity (Wildman–Crippen MR) is 95.1 cm³/mol. The van der Waals surface area contributed by atoms with Crippen LogP contribution in [0.1, 0.15) is 48.5 Å². The molecule has 0 aromatic rings. The van der Waals surface area contributed by atoms with Crippen LogP contribution in [0.25, 0.3) is 0 Å². The van der Waals surface area contributed by atoms with Gasteiger partial charge < -0.3 is 15.2 Å². The lowest BCUT2D eigenvalue weighted by Crippen LogP contribution is -2.51. The van der Waals surface area contributed by atoms with E-state index in [-0.39, 0.29) is 31.2 Å². The van der Waals surface area contributed by atoms with Gasteiger partial charge in [0.15, 0.2) is 0 Å². The highest BCUT2D eigenvalue weighted by molar-refractivity contribution is 7.88. The summed E-state index contributed by atoms with van der Waals surface area (Å²) in [6.45, 7) is 13.3. The van der Waals surface area contributed by atoms with Crippen LogP contribution in [-0.4, -0.2) is 62.4 Å². The molecule has 0 amide bonds. The fraction of sp³-hybridized carbons (Fsp3) is 0.938. The van der Waals surface area contributed by atoms with Crippen LogP contribution in [0.15, 0.2) is 0 Å². The minimum atomic E-state index is -3.44. The largest absolute Gasteiger partial charge is 0.462 e. The Bertz CT molecular complexity index is 506. The van der Waals surface area contributed by atoms with Crippen molar-refractivity contribution in [3.8, 4) is 0 Å². The number of rotatable bonds is 8. The standard InChI is InChI=1S/C16H34N2O5S/c1-12(15(2,3)4)23-13(11-22-14(19)9-17)10-18(16(5,6)7)24(8,20)21/h12-13H,9-11,17H2,1-8H3/t12-,13-/m0/s1. The number of ether oxygens (including phenoxy) is 2. The van der Waals surface area contributed by atoms with E-state index in [2.05, 4.69) is 0 Å². The molecule has 0 aliphatic heterocycles. The Balaban J connectivity index is 5.32. The monoisotopic (exact) mass is 366 g/mol. The van der Waals surface area contributed by atoms with Crippen LogP contribution in [0.4, 0.5) is 0 Å². The van der Waals surface area contributed by atoms with Crippen LogP contribution >= 0.6 is 0 Å². The summed E-state index contributed by atoms with van der Waals surface area (Å²) in [6, 6.07) is 0. The summed E-state index contributed by atoms with van der Waals surface area (Å²) >= 11 is 0. The topological polar surface area (TPSA) is 98.9 Å². The van der Waals surface area contributed by atoms with Crippen molar-refractivity contribution in [2.75, 3.05) is 26.0 Å². The molecule has 2 N–H and O–H groups in total. The lowest BCUT2D eigenvalue weighted by Gasteiger charge is -2.38. The normalized spacial score (nSPS) is 16.1. The summed E-state index contributed by atoms with van der Waals surface area (Å²) in [4.78, 5) is 11.3. The van der Waals surface area contributed by atoms with Crippen molar-refractivity contribution in [2.24, 2.45) is 11.1 Å². The predicted octanol–water partition coefficient (Wildman–Crippen LogP) is 1.37. The number of carbonyl (C=O) groups is 1. The molecule has 144 valence electrons. The van der Waals surface area contributed by atoms with Crippen molar-refractivity contribution in [2.45, 2.75) is 66.2 Å². The molecular formula is C16H34N2O5S. The van der Waals surface area contributed by atoms with Crippen molar-refractivity contribution in [3.05, 3.63) is 0 Å². The second kappa shape index (κ2) is 8.60. The molecule has 0 aliphatic carbocycles. The van der Waals surface area contributed by atoms with Crippen molar-refractivity contribution in [1.29, 1.82) is 0 Å². The maximum Gasteiger partial charge on any atom is 0.319 e. The van der Waals surface area contributed by atoms with E-state index < -0.39 is 27.6 Å². The Kier molecular flexibility index (Phi) is 8.35. The van der Waals surface area contributed by atoms with E-state index in [0.717, 1.165) is 6.26 Å². The molecule has 0 heterocycles. The molecule has 0 saturated heterocycles. The first-order valence-electron chi connectivity index (χ1n) is 8.08. The third-order valence-electron chi connectivity index (χ3n) is 3.73. The van der Waals surface area contributed by atoms with Crippen LogP contribution in [0, 0.1) is 5.41 Å². The summed E-state index contributed by atoms with van der Waals surface area (Å²) in [5, 5.41) is 0. The molecule has 2 atom stereocenters. The van der Waals surface area contributed by atoms with Gasteiger partial charge in [0.2, 0.25) is 10.0 Å². The molecule has 0 spiro atoms. The number of nitrogens with zero attached hydrogens (tertiary/aromatic N) is 1. The Morgan fingerprint density at radius 3 is 2.00 bits per heavy atom. The number of sulfonamides is 1. The van der Waals surface area contributed by atoms with E-state index in [1.165, 1.54) is 4.31 Å². The summed E-state index contributed by atoms with van der Waals surface area (Å²) in [5.41, 5.74) is 4.50. The van der Waals surface area contributed by atoms with Gasteiger partial charge in [0.1, 0.15) is 12.7 Å². The zero-order chi connectivity index (χ0) is 19.3. The van der Waals surface area contributed by atoms with Gasteiger partial charge in [0, 0.05) is 12.1 Å². The van der Waals surface area contributed by atoms with E-state index in [9.17, 15) is 13.2 Å². The van der Waals surface area contributed by atoms with Gasteiger partial charge in [-0.15, -0.1) is 0 Å². The fourth-order valence-electron chi connectivity index (χ4n) is 1.96. The minimum absolute atomic E-state index is 0.0431. The molecule has 0 unspecified atom stereocenters. The highest BCUT2D eigenvalue weighted by Gasteiger charge is 2.34. The number of esters is 1. The average molecular weight is 367 g/mol. The highest BCUT2D eigenvalue weighted by atomic mass is 32.2. The zero-order valence-electron chi connectivity index (χ0n) is 16.3. The van der Waals surface area contributed by atoms with Gasteiger partial charge >= 0.3 is 5.97 Å². The van der Waals surface area contributed by atoms with Gasteiger partial charge in [0.05, 0.1) is 18.9 Å². The van der Waals surface area contributed by atoms with Crippen molar-refractivity contribution < 1.29 is 22.7 Å². The third-order valence-corrected chi connectivity index (χ3v) is 5.23. The minimum Gasteiger partial charge on any atom is -0.462 e. The van der Waals surface area contributed by atoms with E-state index in [4.69, 9.17) is 15.2 Å². The van der Waals surface area contributed by atoms with Crippen LogP contribution < -0.4 is 5.73 Å². The van der Waals surface area contributed by atoms with E-state index >= 15 is 0 Å². The summed E-state index contributed by atoms with van der Waals surface area (Å²) in [6.07, 6.45) is 0.429. The quantitative estimate of drug-likeness (QED) is 0.651. The lowest BCUT2D eigenvalue weighted by atomic mass is 9.90. The Morgan fingerprint density at radius 2 is 1.67 bits per heavy atom. The maximum atomic E-state index is 12.1. The van der Waals surface area contributed by atoms with Crippen LogP contribution in [0.2, 0.25) is 0 Å². The molecule has 24 heavy (non-hydrogen) atoms. The Hall–Kier alpha value is -0.700. The van der Waals surface area contributed by atoms with Gasteiger partial charge in [-0.25, -0.2) is 8.42 Å². The third kappa shape index (κ3) is 8.41. The molecule has 0 aromatic carbocycles. The molecule has 0 fully saturated rings. The van der Waals surface area contributed by atoms with Crippen molar-refractivity contribution in [1.82, 2.24) is 4.31 Å². The number of hydrogen-bond donors (Lipinski definition) is 1. The molecule has 8 heteroatoms. The number of hydrogen-bond acceptors (Lipinski definition) is 6. The Morgan fingerprint density at radius 1 is 1.17 bits per heavy atom. The van der Waals surface area contributed by atoms with Gasteiger partial charge in [-0.3, -0.25) is 4.79 Å². The smallest absolute Gasteiger partial charge is 0.319 e. The molecule has 0 rings (SSSR count). The highest BCUT2D eigenvalue weighted by Crippen LogP contribution is 2.25. The van der Waals surface area contributed by atoms with E-state index in [1.807, 2.05) is 48.5 Å². The lowest BCUT2D eigenvalue weighted by molar-refractivity contribution is -0.150. The summed E-state index contributed by atoms with van der Waals surface area (Å²) < 4.78 is 36.7. The second-order valence-corrected chi connectivity index (χ2v) is 10.0. The van der Waals surface area contributed by atoms with Gasteiger partial charge in [-0.1, -0.05) is 20.8 Å². The molecule has 0 radical (unpaired) electrons. The number of carbonyl (C=O) groups excluding carboxylic acids is 1. The molecular weight excluding hydrogens is 332 g/mol. The molecule has 0 aliphatic rings. The van der Waals surface area contributed by atoms with E-state index in [0.29, 0.717) is 0 Å². The van der Waals surface area contributed by atoms with Gasteiger partial charge in [-0.05, 0) is 33.1 Å². The average Bonchev–Trinajstić information content (AvgIpc) is 2.36. The van der Waals surface area contributed by atoms with Crippen molar-refractivity contribution in [3.63, 3.8) is 0 Å². The molecule has 0 saturated carbocycles. The second-order valence-electron chi connectivity index (χ2n) is 8.12. The zero-order valence-corrected chi connectivity index (χ0v) is 17.1. The summed E-state index contributed by atoms with van der Waals surface area (Å²) in [7, 11) is -3.44. The summed E-state index contributed by atoms with van der Waals surface area (Å²) in [5.74, 6) is -0.548. The maximum absolute atomic E-state index is 12.1. The molecule has 0 aromatic heterocycles. The van der Waals surface area contributed by atoms with Gasteiger partial charge in [-0.2, -0.15) is 4.31 Å². The molecule has 0 bridgehead atoms. The fourth-order valence-corrected chi connectivity index (χ4v) is 3.40. The van der Waals surface area contributed by atoms with E-state index in [1.54, 1.807) is 0 Å². The SMILES string of the molecule is C[C@H](O[C@H](COC(=O)CN)CN(C(C)(C)C)S(C)(=O)=O)C(C)(C)C.